The van der Waals surface area contributed by atoms with E-state index in [0.717, 1.165) is 48.7 Å². The number of benzene rings is 1. The average molecular weight is 452 g/mol. The van der Waals surface area contributed by atoms with Crippen LogP contribution in [0.1, 0.15) is 30.1 Å². The molecule has 0 radical (unpaired) electrons. The maximum atomic E-state index is 8.12. The van der Waals surface area contributed by atoms with Crippen LogP contribution in [-0.4, -0.2) is 48.7 Å². The molecule has 0 bridgehead atoms. The van der Waals surface area contributed by atoms with Gasteiger partial charge in [-0.2, -0.15) is 0 Å². The van der Waals surface area contributed by atoms with E-state index in [1.807, 2.05) is 55.5 Å². The fourth-order valence-corrected chi connectivity index (χ4v) is 3.63. The van der Waals surface area contributed by atoms with Crippen molar-refractivity contribution >= 4 is 11.9 Å². The number of nitrogens with zero attached hydrogens (tertiary/aromatic N) is 5. The van der Waals surface area contributed by atoms with Crippen LogP contribution in [0, 0.1) is 19.3 Å². The van der Waals surface area contributed by atoms with Crippen LogP contribution in [0.5, 0.6) is 0 Å². The first kappa shape index (κ1) is 23.0. The summed E-state index contributed by atoms with van der Waals surface area (Å²) in [6.45, 7) is 5.87. The molecule has 4 aromatic rings. The predicted octanol–water partition coefficient (Wildman–Crippen LogP) is 5.32. The molecular weight excluding hydrogens is 422 g/mol. The molecule has 34 heavy (non-hydrogen) atoms. The van der Waals surface area contributed by atoms with Crippen LogP contribution in [0.15, 0.2) is 73.1 Å². The number of pyridine rings is 1. The molecule has 0 unspecified atom stereocenters. The summed E-state index contributed by atoms with van der Waals surface area (Å²) in [5.41, 5.74) is 4.53. The minimum absolute atomic E-state index is 0.532. The Hall–Kier alpha value is -4.13. The van der Waals surface area contributed by atoms with Crippen molar-refractivity contribution in [1.29, 1.82) is 5.41 Å². The van der Waals surface area contributed by atoms with E-state index in [4.69, 9.17) is 5.41 Å². The molecular formula is C27H29N7. The van der Waals surface area contributed by atoms with Gasteiger partial charge in [0.15, 0.2) is 0 Å². The van der Waals surface area contributed by atoms with Gasteiger partial charge in [-0.25, -0.2) is 19.9 Å². The zero-order chi connectivity index (χ0) is 23.8. The number of H-pyrrole nitrogens is 1. The van der Waals surface area contributed by atoms with Crippen molar-refractivity contribution in [2.24, 2.45) is 0 Å². The lowest BCUT2D eigenvalue weighted by Crippen LogP contribution is -2.24. The molecule has 1 aliphatic heterocycles. The molecule has 0 atom stereocenters. The summed E-state index contributed by atoms with van der Waals surface area (Å²) in [7, 11) is 0. The Bertz CT molecular complexity index is 1250. The fraction of sp³-hybridized carbons (Fsp3) is 0.222. The van der Waals surface area contributed by atoms with Gasteiger partial charge >= 0.3 is 0 Å². The molecule has 1 fully saturated rings. The predicted molar refractivity (Wildman–Crippen MR) is 136 cm³/mol. The molecule has 7 nitrogen and oxygen atoms in total. The molecule has 7 heteroatoms. The Kier molecular flexibility index (Phi) is 7.55. The first-order valence-electron chi connectivity index (χ1n) is 11.4. The lowest BCUT2D eigenvalue weighted by Gasteiger charge is -2.14. The highest BCUT2D eigenvalue weighted by molar-refractivity contribution is 5.93. The van der Waals surface area contributed by atoms with Gasteiger partial charge in [0, 0.05) is 19.3 Å². The number of likely N-dealkylation sites (tertiary alicyclic amines) is 1. The molecule has 1 aliphatic rings. The standard InChI is InChI=1S/C20H21N7.C7H8/c1-14-22-10-9-17(24-14)15-5-4-6-16(25-15)18-13-23-20(26-18)8-7-19(21)27-11-2-3-12-27;1-7-5-3-2-4-6-7/h4-10,13,21H,2-3,11-12H2,1H3,(H,23,26);2-6H,1H3/b8-7-,21-19?;. The van der Waals surface area contributed by atoms with Gasteiger partial charge < -0.3 is 9.88 Å². The van der Waals surface area contributed by atoms with Crippen LogP contribution in [0.4, 0.5) is 0 Å². The quantitative estimate of drug-likeness (QED) is 0.323. The van der Waals surface area contributed by atoms with Crippen LogP contribution < -0.4 is 0 Å². The smallest absolute Gasteiger partial charge is 0.130 e. The number of amidine groups is 1. The van der Waals surface area contributed by atoms with E-state index in [1.165, 1.54) is 5.56 Å². The lowest BCUT2D eigenvalue weighted by molar-refractivity contribution is 0.519. The molecule has 0 saturated carbocycles. The minimum Gasteiger partial charge on any atom is -0.357 e. The van der Waals surface area contributed by atoms with Crippen LogP contribution in [0.25, 0.3) is 28.9 Å². The molecule has 1 saturated heterocycles. The molecule has 0 spiro atoms. The monoisotopic (exact) mass is 451 g/mol. The molecule has 2 N–H and O–H groups in total. The van der Waals surface area contributed by atoms with Crippen molar-refractivity contribution in [3.05, 3.63) is 90.3 Å². The van der Waals surface area contributed by atoms with Crippen molar-refractivity contribution < 1.29 is 0 Å². The SMILES string of the molecule is Cc1ccccc1.Cc1nccc(-c2cccc(-c3cnc(/C=C\C(=N)N4CCCC4)[nH]3)n2)n1. The second-order valence-electron chi connectivity index (χ2n) is 8.15. The molecule has 1 aromatic carbocycles. The van der Waals surface area contributed by atoms with Gasteiger partial charge in [-0.3, -0.25) is 5.41 Å². The Balaban J connectivity index is 0.000000336. The summed E-state index contributed by atoms with van der Waals surface area (Å²) in [6, 6.07) is 17.9. The Morgan fingerprint density at radius 1 is 0.882 bits per heavy atom. The topological polar surface area (TPSA) is 94.4 Å². The van der Waals surface area contributed by atoms with Gasteiger partial charge in [0.1, 0.15) is 17.5 Å². The lowest BCUT2D eigenvalue weighted by atomic mass is 10.2. The highest BCUT2D eigenvalue weighted by atomic mass is 15.2. The summed E-state index contributed by atoms with van der Waals surface area (Å²) in [5, 5.41) is 8.12. The van der Waals surface area contributed by atoms with E-state index in [2.05, 4.69) is 48.9 Å². The molecule has 3 aromatic heterocycles. The van der Waals surface area contributed by atoms with Crippen molar-refractivity contribution in [2.45, 2.75) is 26.7 Å². The number of aromatic amines is 1. The summed E-state index contributed by atoms with van der Waals surface area (Å²) in [5.74, 6) is 1.96. The average Bonchev–Trinajstić information content (AvgIpc) is 3.56. The summed E-state index contributed by atoms with van der Waals surface area (Å²) < 4.78 is 0. The summed E-state index contributed by atoms with van der Waals surface area (Å²) in [4.78, 5) is 23.0. The number of nitrogens with one attached hydrogen (secondary N) is 2. The van der Waals surface area contributed by atoms with E-state index in [9.17, 15) is 0 Å². The first-order valence-corrected chi connectivity index (χ1v) is 11.4. The van der Waals surface area contributed by atoms with E-state index < -0.39 is 0 Å². The zero-order valence-corrected chi connectivity index (χ0v) is 19.6. The van der Waals surface area contributed by atoms with E-state index >= 15 is 0 Å². The van der Waals surface area contributed by atoms with E-state index in [-0.39, 0.29) is 0 Å². The number of hydrogen-bond acceptors (Lipinski definition) is 5. The van der Waals surface area contributed by atoms with E-state index in [1.54, 1.807) is 18.5 Å². The fourth-order valence-electron chi connectivity index (χ4n) is 3.63. The Morgan fingerprint density at radius 3 is 2.32 bits per heavy atom. The van der Waals surface area contributed by atoms with Crippen molar-refractivity contribution in [2.75, 3.05) is 13.1 Å². The van der Waals surface area contributed by atoms with Crippen molar-refractivity contribution in [3.63, 3.8) is 0 Å². The van der Waals surface area contributed by atoms with E-state index in [0.29, 0.717) is 17.5 Å². The third kappa shape index (κ3) is 6.22. The van der Waals surface area contributed by atoms with Gasteiger partial charge in [0.05, 0.1) is 29.0 Å². The van der Waals surface area contributed by atoms with Gasteiger partial charge in [-0.05, 0) is 57.0 Å². The molecule has 4 heterocycles. The number of hydrogen-bond donors (Lipinski definition) is 2. The maximum absolute atomic E-state index is 8.12. The normalized spacial score (nSPS) is 13.1. The molecule has 5 rings (SSSR count). The molecule has 0 amide bonds. The van der Waals surface area contributed by atoms with Crippen molar-refractivity contribution in [1.82, 2.24) is 29.8 Å². The Morgan fingerprint density at radius 2 is 1.62 bits per heavy atom. The third-order valence-electron chi connectivity index (χ3n) is 5.45. The highest BCUT2D eigenvalue weighted by Crippen LogP contribution is 2.20. The highest BCUT2D eigenvalue weighted by Gasteiger charge is 2.13. The summed E-state index contributed by atoms with van der Waals surface area (Å²) in [6.07, 6.45) is 9.45. The molecule has 172 valence electrons. The number of aromatic nitrogens is 5. The minimum atomic E-state index is 0.532. The van der Waals surface area contributed by atoms with Crippen LogP contribution >= 0.6 is 0 Å². The van der Waals surface area contributed by atoms with Crippen LogP contribution in [-0.2, 0) is 0 Å². The van der Waals surface area contributed by atoms with Gasteiger partial charge in [0.25, 0.3) is 0 Å². The first-order chi connectivity index (χ1) is 16.6. The number of imidazole rings is 1. The van der Waals surface area contributed by atoms with Gasteiger partial charge in [-0.1, -0.05) is 42.0 Å². The Labute approximate surface area is 200 Å². The second kappa shape index (κ2) is 11.1. The third-order valence-corrected chi connectivity index (χ3v) is 5.45. The maximum Gasteiger partial charge on any atom is 0.130 e. The molecule has 0 aliphatic carbocycles. The van der Waals surface area contributed by atoms with Crippen LogP contribution in [0.3, 0.4) is 0 Å². The van der Waals surface area contributed by atoms with Gasteiger partial charge in [0.2, 0.25) is 0 Å². The van der Waals surface area contributed by atoms with Crippen molar-refractivity contribution in [3.8, 4) is 22.8 Å². The number of rotatable bonds is 4. The number of aryl methyl sites for hydroxylation is 2. The second-order valence-corrected chi connectivity index (χ2v) is 8.15. The van der Waals surface area contributed by atoms with Gasteiger partial charge in [-0.15, -0.1) is 0 Å². The van der Waals surface area contributed by atoms with Crippen LogP contribution in [0.2, 0.25) is 0 Å². The largest absolute Gasteiger partial charge is 0.357 e. The zero-order valence-electron chi connectivity index (χ0n) is 19.6. The summed E-state index contributed by atoms with van der Waals surface area (Å²) >= 11 is 0.